The van der Waals surface area contributed by atoms with E-state index >= 15 is 0 Å². The molecule has 0 aromatic rings. The zero-order valence-electron chi connectivity index (χ0n) is 11.0. The van der Waals surface area contributed by atoms with Crippen molar-refractivity contribution in [3.63, 3.8) is 0 Å². The molecule has 0 aromatic carbocycles. The van der Waals surface area contributed by atoms with E-state index in [1.807, 2.05) is 27.7 Å². The molecule has 0 radical (unpaired) electrons. The second kappa shape index (κ2) is 7.63. The molecule has 4 nitrogen and oxygen atoms in total. The minimum Gasteiger partial charge on any atom is -0.458 e. The lowest BCUT2D eigenvalue weighted by molar-refractivity contribution is -0.160. The maximum atomic E-state index is 11.2. The second-order valence-electron chi connectivity index (χ2n) is 4.73. The van der Waals surface area contributed by atoms with Gasteiger partial charge in [0.15, 0.2) is 0 Å². The van der Waals surface area contributed by atoms with Crippen molar-refractivity contribution >= 4 is 5.97 Å². The van der Waals surface area contributed by atoms with Crippen molar-refractivity contribution in [2.75, 3.05) is 19.8 Å². The van der Waals surface area contributed by atoms with Gasteiger partial charge < -0.3 is 14.2 Å². The Hall–Kier alpha value is -0.610. The van der Waals surface area contributed by atoms with Gasteiger partial charge in [-0.3, -0.25) is 0 Å². The molecule has 0 amide bonds. The number of hydrogen-bond acceptors (Lipinski definition) is 4. The van der Waals surface area contributed by atoms with Gasteiger partial charge in [0, 0.05) is 0 Å². The third-order valence-corrected chi connectivity index (χ3v) is 1.84. The summed E-state index contributed by atoms with van der Waals surface area (Å²) in [5.74, 6) is -0.337. The molecule has 96 valence electrons. The Morgan fingerprint density at radius 3 is 2.38 bits per heavy atom. The first-order chi connectivity index (χ1) is 7.35. The molecular formula is C12H24O4. The van der Waals surface area contributed by atoms with Crippen LogP contribution in [0.5, 0.6) is 0 Å². The van der Waals surface area contributed by atoms with Crippen LogP contribution in [0.15, 0.2) is 0 Å². The molecule has 0 rings (SSSR count). The lowest BCUT2D eigenvalue weighted by Crippen LogP contribution is -2.27. The van der Waals surface area contributed by atoms with E-state index in [1.165, 1.54) is 0 Å². The first-order valence-electron chi connectivity index (χ1n) is 5.76. The van der Waals surface area contributed by atoms with Crippen LogP contribution in [0.2, 0.25) is 0 Å². The normalized spacial score (nSPS) is 13.6. The molecule has 0 N–H and O–H groups in total. The standard InChI is InChI=1S/C12H24O4/c1-6-10(2)15-8-7-14-9-11(13)16-12(3,4)5/h10H,6-9H2,1-5H3. The van der Waals surface area contributed by atoms with Crippen molar-refractivity contribution in [2.45, 2.75) is 52.7 Å². The summed E-state index contributed by atoms with van der Waals surface area (Å²) in [5, 5.41) is 0. The van der Waals surface area contributed by atoms with Gasteiger partial charge >= 0.3 is 5.97 Å². The van der Waals surface area contributed by atoms with Gasteiger partial charge in [0.2, 0.25) is 0 Å². The highest BCUT2D eigenvalue weighted by Gasteiger charge is 2.15. The quantitative estimate of drug-likeness (QED) is 0.498. The van der Waals surface area contributed by atoms with Crippen LogP contribution < -0.4 is 0 Å². The number of esters is 1. The number of carbonyl (C=O) groups is 1. The lowest BCUT2D eigenvalue weighted by atomic mass is 10.2. The number of rotatable bonds is 7. The number of carbonyl (C=O) groups excluding carboxylic acids is 1. The molecule has 1 unspecified atom stereocenters. The van der Waals surface area contributed by atoms with E-state index in [-0.39, 0.29) is 18.7 Å². The third kappa shape index (κ3) is 9.93. The van der Waals surface area contributed by atoms with Crippen LogP contribution in [0.25, 0.3) is 0 Å². The molecule has 0 heterocycles. The van der Waals surface area contributed by atoms with Gasteiger partial charge in [0.1, 0.15) is 12.2 Å². The zero-order valence-corrected chi connectivity index (χ0v) is 11.0. The maximum Gasteiger partial charge on any atom is 0.332 e. The third-order valence-electron chi connectivity index (χ3n) is 1.84. The van der Waals surface area contributed by atoms with Crippen LogP contribution in [0.1, 0.15) is 41.0 Å². The average molecular weight is 232 g/mol. The first-order valence-corrected chi connectivity index (χ1v) is 5.76. The Morgan fingerprint density at radius 2 is 1.88 bits per heavy atom. The minimum atomic E-state index is -0.451. The molecule has 0 aliphatic heterocycles. The second-order valence-corrected chi connectivity index (χ2v) is 4.73. The van der Waals surface area contributed by atoms with Gasteiger partial charge in [-0.15, -0.1) is 0 Å². The number of hydrogen-bond donors (Lipinski definition) is 0. The average Bonchev–Trinajstić information content (AvgIpc) is 2.14. The molecule has 16 heavy (non-hydrogen) atoms. The Bertz CT molecular complexity index is 196. The SMILES string of the molecule is CCC(C)OCCOCC(=O)OC(C)(C)C. The van der Waals surface area contributed by atoms with Crippen molar-refractivity contribution in [2.24, 2.45) is 0 Å². The van der Waals surface area contributed by atoms with Crippen molar-refractivity contribution < 1.29 is 19.0 Å². The highest BCUT2D eigenvalue weighted by Crippen LogP contribution is 2.06. The molecule has 0 aliphatic rings. The summed E-state index contributed by atoms with van der Waals surface area (Å²) in [6.07, 6.45) is 1.22. The molecule has 0 aliphatic carbocycles. The minimum absolute atomic E-state index is 0.0128. The van der Waals surface area contributed by atoms with E-state index in [2.05, 4.69) is 6.92 Å². The summed E-state index contributed by atoms with van der Waals surface area (Å²) < 4.78 is 15.6. The summed E-state index contributed by atoms with van der Waals surface area (Å²) in [5.41, 5.74) is -0.451. The topological polar surface area (TPSA) is 44.8 Å². The fourth-order valence-corrected chi connectivity index (χ4v) is 0.953. The largest absolute Gasteiger partial charge is 0.458 e. The van der Waals surface area contributed by atoms with Gasteiger partial charge in [-0.1, -0.05) is 6.92 Å². The molecule has 0 saturated heterocycles. The van der Waals surface area contributed by atoms with Crippen molar-refractivity contribution in [3.8, 4) is 0 Å². The highest BCUT2D eigenvalue weighted by molar-refractivity contribution is 5.71. The molecule has 0 saturated carbocycles. The van der Waals surface area contributed by atoms with Crippen LogP contribution in [0.3, 0.4) is 0 Å². The molecule has 0 aromatic heterocycles. The molecule has 1 atom stereocenters. The molecule has 4 heteroatoms. The molecule has 0 spiro atoms. The van der Waals surface area contributed by atoms with Crippen LogP contribution in [-0.2, 0) is 19.0 Å². The summed E-state index contributed by atoms with van der Waals surface area (Å²) in [6, 6.07) is 0. The van der Waals surface area contributed by atoms with Gasteiger partial charge in [-0.25, -0.2) is 4.79 Å². The predicted octanol–water partition coefficient (Wildman–Crippen LogP) is 2.16. The smallest absolute Gasteiger partial charge is 0.332 e. The first kappa shape index (κ1) is 15.4. The van der Waals surface area contributed by atoms with E-state index in [9.17, 15) is 4.79 Å². The van der Waals surface area contributed by atoms with Crippen LogP contribution in [0.4, 0.5) is 0 Å². The summed E-state index contributed by atoms with van der Waals surface area (Å²) in [6.45, 7) is 10.5. The Balaban J connectivity index is 3.42. The van der Waals surface area contributed by atoms with E-state index in [0.717, 1.165) is 6.42 Å². The Labute approximate surface area is 98.3 Å². The van der Waals surface area contributed by atoms with Gasteiger partial charge in [0.05, 0.1) is 19.3 Å². The molecule has 0 fully saturated rings. The summed E-state index contributed by atoms with van der Waals surface area (Å²) in [4.78, 5) is 11.2. The van der Waals surface area contributed by atoms with Gasteiger partial charge in [-0.05, 0) is 34.1 Å². The van der Waals surface area contributed by atoms with E-state index < -0.39 is 5.60 Å². The fourth-order valence-electron chi connectivity index (χ4n) is 0.953. The monoisotopic (exact) mass is 232 g/mol. The van der Waals surface area contributed by atoms with E-state index in [4.69, 9.17) is 14.2 Å². The number of ether oxygens (including phenoxy) is 3. The van der Waals surface area contributed by atoms with E-state index in [0.29, 0.717) is 13.2 Å². The Morgan fingerprint density at radius 1 is 1.25 bits per heavy atom. The molecule has 0 bridgehead atoms. The molecular weight excluding hydrogens is 208 g/mol. The summed E-state index contributed by atoms with van der Waals surface area (Å²) >= 11 is 0. The lowest BCUT2D eigenvalue weighted by Gasteiger charge is -2.19. The van der Waals surface area contributed by atoms with Crippen molar-refractivity contribution in [3.05, 3.63) is 0 Å². The van der Waals surface area contributed by atoms with Gasteiger partial charge in [-0.2, -0.15) is 0 Å². The van der Waals surface area contributed by atoms with E-state index in [1.54, 1.807) is 0 Å². The van der Waals surface area contributed by atoms with Crippen LogP contribution in [0, 0.1) is 0 Å². The van der Waals surface area contributed by atoms with Crippen molar-refractivity contribution in [1.29, 1.82) is 0 Å². The summed E-state index contributed by atoms with van der Waals surface area (Å²) in [7, 11) is 0. The zero-order chi connectivity index (χ0) is 12.6. The highest BCUT2D eigenvalue weighted by atomic mass is 16.6. The predicted molar refractivity (Wildman–Crippen MR) is 62.4 cm³/mol. The fraction of sp³-hybridized carbons (Fsp3) is 0.917. The maximum absolute atomic E-state index is 11.2. The van der Waals surface area contributed by atoms with Gasteiger partial charge in [0.25, 0.3) is 0 Å². The Kier molecular flexibility index (Phi) is 7.34. The van der Waals surface area contributed by atoms with Crippen LogP contribution in [-0.4, -0.2) is 37.5 Å². The van der Waals surface area contributed by atoms with Crippen LogP contribution >= 0.6 is 0 Å². The van der Waals surface area contributed by atoms with Crippen molar-refractivity contribution in [1.82, 2.24) is 0 Å².